The van der Waals surface area contributed by atoms with Gasteiger partial charge in [0.1, 0.15) is 5.75 Å². The number of piperidine rings is 1. The molecular weight excluding hydrogens is 408 g/mol. The lowest BCUT2D eigenvalue weighted by Gasteiger charge is -2.32. The Morgan fingerprint density at radius 2 is 1.74 bits per heavy atom. The van der Waals surface area contributed by atoms with Crippen LogP contribution in [-0.4, -0.2) is 51.0 Å². The third-order valence-corrected chi connectivity index (χ3v) is 6.75. The number of ether oxygens (including phenoxy) is 1. The molecule has 1 aromatic heterocycles. The summed E-state index contributed by atoms with van der Waals surface area (Å²) in [5.41, 5.74) is 1.90. The second kappa shape index (κ2) is 9.56. The first kappa shape index (κ1) is 21.4. The van der Waals surface area contributed by atoms with E-state index >= 15 is 0 Å². The molecule has 0 N–H and O–H groups in total. The number of hydrogen-bond donors (Lipinski definition) is 0. The zero-order valence-electron chi connectivity index (χ0n) is 18.2. The fourth-order valence-electron chi connectivity index (χ4n) is 3.78. The summed E-state index contributed by atoms with van der Waals surface area (Å²) in [4.78, 5) is 15.0. The Hall–Kier alpha value is -2.80. The summed E-state index contributed by atoms with van der Waals surface area (Å²) in [7, 11) is 1.65. The molecule has 2 heterocycles. The van der Waals surface area contributed by atoms with E-state index < -0.39 is 0 Å². The Balaban J connectivity index is 1.64. The van der Waals surface area contributed by atoms with Gasteiger partial charge in [-0.05, 0) is 49.9 Å². The average Bonchev–Trinajstić information content (AvgIpc) is 3.23. The minimum atomic E-state index is -0.238. The van der Waals surface area contributed by atoms with Gasteiger partial charge in [0.2, 0.25) is 5.91 Å². The third kappa shape index (κ3) is 4.77. The van der Waals surface area contributed by atoms with Gasteiger partial charge in [0.25, 0.3) is 0 Å². The summed E-state index contributed by atoms with van der Waals surface area (Å²) in [5.74, 6) is 2.40. The molecule has 6 nitrogen and oxygen atoms in total. The Bertz CT molecular complexity index is 1010. The Morgan fingerprint density at radius 1 is 1.06 bits per heavy atom. The van der Waals surface area contributed by atoms with E-state index in [1.165, 1.54) is 11.8 Å². The quantitative estimate of drug-likeness (QED) is 0.525. The number of thioether (sulfide) groups is 1. The van der Waals surface area contributed by atoms with Crippen molar-refractivity contribution in [1.82, 2.24) is 19.7 Å². The number of amides is 1. The number of benzene rings is 2. The second-order valence-corrected chi connectivity index (χ2v) is 9.28. The van der Waals surface area contributed by atoms with E-state index in [0.717, 1.165) is 48.8 Å². The molecule has 4 rings (SSSR count). The summed E-state index contributed by atoms with van der Waals surface area (Å²) in [6.07, 6.45) is 2.15. The molecule has 7 heteroatoms. The Kier molecular flexibility index (Phi) is 6.61. The number of aromatic nitrogens is 3. The van der Waals surface area contributed by atoms with Gasteiger partial charge < -0.3 is 9.64 Å². The van der Waals surface area contributed by atoms with Crippen LogP contribution < -0.4 is 4.74 Å². The summed E-state index contributed by atoms with van der Waals surface area (Å²) in [5, 5.41) is 9.41. The van der Waals surface area contributed by atoms with Crippen molar-refractivity contribution >= 4 is 17.7 Å². The molecule has 1 aliphatic heterocycles. The molecule has 0 spiro atoms. The highest BCUT2D eigenvalue weighted by molar-refractivity contribution is 8.00. The van der Waals surface area contributed by atoms with Crippen LogP contribution in [0, 0.1) is 5.92 Å². The van der Waals surface area contributed by atoms with E-state index in [0.29, 0.717) is 11.1 Å². The van der Waals surface area contributed by atoms with E-state index in [9.17, 15) is 4.79 Å². The first-order chi connectivity index (χ1) is 15.1. The van der Waals surface area contributed by atoms with Gasteiger partial charge in [-0.25, -0.2) is 0 Å². The molecule has 0 saturated carbocycles. The SMILES string of the molecule is COc1ccc(-n2c(SC(C)C(=O)N3CCC(C)CC3)nnc2-c2ccccc2)cc1. The number of nitrogens with zero attached hydrogens (tertiary/aromatic N) is 4. The molecule has 1 atom stereocenters. The summed E-state index contributed by atoms with van der Waals surface area (Å²) < 4.78 is 7.32. The monoisotopic (exact) mass is 436 g/mol. The maximum atomic E-state index is 13.0. The number of rotatable bonds is 6. The van der Waals surface area contributed by atoms with E-state index in [-0.39, 0.29) is 11.2 Å². The van der Waals surface area contributed by atoms with Crippen molar-refractivity contribution in [2.75, 3.05) is 20.2 Å². The number of likely N-dealkylation sites (tertiary alicyclic amines) is 1. The molecule has 3 aromatic rings. The number of carbonyl (C=O) groups excluding carboxylic acids is 1. The lowest BCUT2D eigenvalue weighted by Crippen LogP contribution is -2.41. The molecule has 1 amide bonds. The van der Waals surface area contributed by atoms with Crippen LogP contribution >= 0.6 is 11.8 Å². The van der Waals surface area contributed by atoms with Gasteiger partial charge >= 0.3 is 0 Å². The summed E-state index contributed by atoms with van der Waals surface area (Å²) in [6, 6.07) is 17.8. The van der Waals surface area contributed by atoms with Crippen LogP contribution in [-0.2, 0) is 4.79 Å². The molecule has 1 unspecified atom stereocenters. The smallest absolute Gasteiger partial charge is 0.235 e. The van der Waals surface area contributed by atoms with E-state index in [1.807, 2.05) is 71.0 Å². The molecule has 1 aliphatic rings. The van der Waals surface area contributed by atoms with Crippen molar-refractivity contribution in [3.63, 3.8) is 0 Å². The minimum absolute atomic E-state index is 0.169. The first-order valence-corrected chi connectivity index (χ1v) is 11.6. The largest absolute Gasteiger partial charge is 0.497 e. The highest BCUT2D eigenvalue weighted by Crippen LogP contribution is 2.32. The van der Waals surface area contributed by atoms with Crippen molar-refractivity contribution in [3.05, 3.63) is 54.6 Å². The maximum Gasteiger partial charge on any atom is 0.235 e. The normalized spacial score (nSPS) is 15.6. The van der Waals surface area contributed by atoms with Gasteiger partial charge in [-0.15, -0.1) is 10.2 Å². The molecular formula is C24H28N4O2S. The fourth-order valence-corrected chi connectivity index (χ4v) is 4.73. The van der Waals surface area contributed by atoms with Crippen LogP contribution in [0.25, 0.3) is 17.1 Å². The predicted molar refractivity (Wildman–Crippen MR) is 124 cm³/mol. The van der Waals surface area contributed by atoms with Crippen molar-refractivity contribution in [1.29, 1.82) is 0 Å². The molecule has 0 aliphatic carbocycles. The summed E-state index contributed by atoms with van der Waals surface area (Å²) in [6.45, 7) is 5.89. The molecule has 0 radical (unpaired) electrons. The Labute approximate surface area is 187 Å². The standard InChI is InChI=1S/C24H28N4O2S/c1-17-13-15-27(16-14-17)23(29)18(2)31-24-26-25-22(19-7-5-4-6-8-19)28(24)20-9-11-21(30-3)12-10-20/h4-12,17-18H,13-16H2,1-3H3. The predicted octanol–water partition coefficient (Wildman–Crippen LogP) is 4.68. The van der Waals surface area contributed by atoms with Crippen molar-refractivity contribution in [2.45, 2.75) is 37.1 Å². The molecule has 162 valence electrons. The van der Waals surface area contributed by atoms with Crippen LogP contribution in [0.4, 0.5) is 0 Å². The third-order valence-electron chi connectivity index (χ3n) is 5.72. The van der Waals surface area contributed by atoms with E-state index in [4.69, 9.17) is 4.74 Å². The van der Waals surface area contributed by atoms with Crippen molar-refractivity contribution in [2.24, 2.45) is 5.92 Å². The number of methoxy groups -OCH3 is 1. The minimum Gasteiger partial charge on any atom is -0.497 e. The van der Waals surface area contributed by atoms with Gasteiger partial charge in [0.15, 0.2) is 11.0 Å². The zero-order valence-corrected chi connectivity index (χ0v) is 19.0. The second-order valence-electron chi connectivity index (χ2n) is 7.97. The van der Waals surface area contributed by atoms with Gasteiger partial charge in [0.05, 0.1) is 12.4 Å². The van der Waals surface area contributed by atoms with Crippen molar-refractivity contribution in [3.8, 4) is 22.8 Å². The highest BCUT2D eigenvalue weighted by Gasteiger charge is 2.27. The first-order valence-electron chi connectivity index (χ1n) is 10.7. The molecule has 1 saturated heterocycles. The van der Waals surface area contributed by atoms with Gasteiger partial charge in [-0.3, -0.25) is 9.36 Å². The van der Waals surface area contributed by atoms with Gasteiger partial charge in [0, 0.05) is 24.3 Å². The molecule has 31 heavy (non-hydrogen) atoms. The van der Waals surface area contributed by atoms with Crippen LogP contribution in [0.5, 0.6) is 5.75 Å². The lowest BCUT2D eigenvalue weighted by molar-refractivity contribution is -0.131. The lowest BCUT2D eigenvalue weighted by atomic mass is 9.99. The number of hydrogen-bond acceptors (Lipinski definition) is 5. The highest BCUT2D eigenvalue weighted by atomic mass is 32.2. The van der Waals surface area contributed by atoms with Gasteiger partial charge in [-0.1, -0.05) is 49.0 Å². The topological polar surface area (TPSA) is 60.2 Å². The fraction of sp³-hybridized carbons (Fsp3) is 0.375. The van der Waals surface area contributed by atoms with Crippen LogP contribution in [0.2, 0.25) is 0 Å². The average molecular weight is 437 g/mol. The van der Waals surface area contributed by atoms with Crippen LogP contribution in [0.3, 0.4) is 0 Å². The van der Waals surface area contributed by atoms with Crippen molar-refractivity contribution < 1.29 is 9.53 Å². The number of carbonyl (C=O) groups is 1. The molecule has 0 bridgehead atoms. The Morgan fingerprint density at radius 3 is 2.39 bits per heavy atom. The molecule has 1 fully saturated rings. The maximum absolute atomic E-state index is 13.0. The van der Waals surface area contributed by atoms with Gasteiger partial charge in [-0.2, -0.15) is 0 Å². The van der Waals surface area contributed by atoms with E-state index in [1.54, 1.807) is 7.11 Å². The zero-order chi connectivity index (χ0) is 21.8. The van der Waals surface area contributed by atoms with Crippen LogP contribution in [0.1, 0.15) is 26.7 Å². The molecule has 2 aromatic carbocycles. The van der Waals surface area contributed by atoms with E-state index in [2.05, 4.69) is 17.1 Å². The van der Waals surface area contributed by atoms with Crippen LogP contribution in [0.15, 0.2) is 59.8 Å². The summed E-state index contributed by atoms with van der Waals surface area (Å²) >= 11 is 1.46.